The first-order chi connectivity index (χ1) is 16.5. The number of hydrogen-bond acceptors (Lipinski definition) is 6. The molecule has 2 aromatic carbocycles. The standard InChI is InChI=1S/C27H31N3O4/c1-17-14-23(32-22-8-9-22)10-11-26(17)30-13-12-24(16-30)33-21-6-4-20(5-7-21)18(2)29-27(31)25-15-28-34-19(25)3/h4-7,10-11,14-15,18,22,24H,8-9,12-13,16H2,1-3H3,(H,29,31)/t18-,24+/m0/s1. The number of nitrogens with zero attached hydrogens (tertiary/aromatic N) is 2. The molecule has 2 fully saturated rings. The minimum atomic E-state index is -0.194. The maximum Gasteiger partial charge on any atom is 0.256 e. The van der Waals surface area contributed by atoms with Crippen LogP contribution >= 0.6 is 0 Å². The highest BCUT2D eigenvalue weighted by molar-refractivity contribution is 5.94. The Hall–Kier alpha value is -3.48. The van der Waals surface area contributed by atoms with Crippen LogP contribution in [-0.2, 0) is 0 Å². The summed E-state index contributed by atoms with van der Waals surface area (Å²) in [5.74, 6) is 2.13. The molecule has 0 spiro atoms. The molecule has 2 heterocycles. The van der Waals surface area contributed by atoms with E-state index in [9.17, 15) is 4.79 Å². The van der Waals surface area contributed by atoms with Crippen molar-refractivity contribution in [3.05, 3.63) is 71.1 Å². The topological polar surface area (TPSA) is 76.8 Å². The summed E-state index contributed by atoms with van der Waals surface area (Å²) >= 11 is 0. The zero-order valence-electron chi connectivity index (χ0n) is 19.9. The quantitative estimate of drug-likeness (QED) is 0.510. The Morgan fingerprint density at radius 3 is 2.47 bits per heavy atom. The van der Waals surface area contributed by atoms with Crippen molar-refractivity contribution in [1.82, 2.24) is 10.5 Å². The second-order valence-electron chi connectivity index (χ2n) is 9.30. The molecule has 2 atom stereocenters. The van der Waals surface area contributed by atoms with E-state index in [1.54, 1.807) is 6.92 Å². The van der Waals surface area contributed by atoms with Gasteiger partial charge in [0.05, 0.1) is 24.9 Å². The van der Waals surface area contributed by atoms with E-state index >= 15 is 0 Å². The second kappa shape index (κ2) is 9.41. The Morgan fingerprint density at radius 1 is 1.06 bits per heavy atom. The van der Waals surface area contributed by atoms with Gasteiger partial charge < -0.3 is 24.2 Å². The number of hydrogen-bond donors (Lipinski definition) is 1. The van der Waals surface area contributed by atoms with E-state index in [0.29, 0.717) is 17.4 Å². The average molecular weight is 462 g/mol. The Balaban J connectivity index is 1.15. The minimum Gasteiger partial charge on any atom is -0.490 e. The highest BCUT2D eigenvalue weighted by Gasteiger charge is 2.27. The molecule has 1 aliphatic carbocycles. The highest BCUT2D eigenvalue weighted by Crippen LogP contribution is 2.32. The summed E-state index contributed by atoms with van der Waals surface area (Å²) in [6, 6.07) is 14.2. The van der Waals surface area contributed by atoms with Crippen LogP contribution in [0.3, 0.4) is 0 Å². The number of amides is 1. The maximum atomic E-state index is 12.4. The fourth-order valence-corrected chi connectivity index (χ4v) is 4.38. The van der Waals surface area contributed by atoms with Crippen molar-refractivity contribution >= 4 is 11.6 Å². The predicted octanol–water partition coefficient (Wildman–Crippen LogP) is 4.98. The highest BCUT2D eigenvalue weighted by atomic mass is 16.5. The number of ether oxygens (including phenoxy) is 2. The summed E-state index contributed by atoms with van der Waals surface area (Å²) in [4.78, 5) is 14.8. The van der Waals surface area contributed by atoms with E-state index in [1.165, 1.54) is 30.3 Å². The van der Waals surface area contributed by atoms with Crippen LogP contribution in [0.4, 0.5) is 5.69 Å². The maximum absolute atomic E-state index is 12.4. The van der Waals surface area contributed by atoms with Crippen LogP contribution in [0.5, 0.6) is 11.5 Å². The van der Waals surface area contributed by atoms with Gasteiger partial charge in [0.15, 0.2) is 0 Å². The number of aryl methyl sites for hydroxylation is 2. The predicted molar refractivity (Wildman–Crippen MR) is 130 cm³/mol. The number of carbonyl (C=O) groups is 1. The molecular formula is C27H31N3O4. The van der Waals surface area contributed by atoms with Crippen LogP contribution in [-0.4, -0.2) is 36.4 Å². The normalized spacial score (nSPS) is 18.6. The summed E-state index contributed by atoms with van der Waals surface area (Å²) in [6.07, 6.45) is 5.31. The average Bonchev–Trinajstić information content (AvgIpc) is 3.33. The van der Waals surface area contributed by atoms with Gasteiger partial charge in [-0.1, -0.05) is 17.3 Å². The van der Waals surface area contributed by atoms with Gasteiger partial charge in [0.2, 0.25) is 0 Å². The zero-order chi connectivity index (χ0) is 23.7. The zero-order valence-corrected chi connectivity index (χ0v) is 19.9. The molecule has 2 aliphatic rings. The van der Waals surface area contributed by atoms with Gasteiger partial charge in [-0.05, 0) is 75.1 Å². The molecule has 1 saturated heterocycles. The third-order valence-electron chi connectivity index (χ3n) is 6.51. The van der Waals surface area contributed by atoms with E-state index in [1.807, 2.05) is 31.2 Å². The summed E-state index contributed by atoms with van der Waals surface area (Å²) < 4.78 is 17.2. The molecule has 0 unspecified atom stereocenters. The summed E-state index contributed by atoms with van der Waals surface area (Å²) in [6.45, 7) is 7.65. The first-order valence-electron chi connectivity index (χ1n) is 12.0. The molecule has 1 N–H and O–H groups in total. The van der Waals surface area contributed by atoms with Gasteiger partial charge >= 0.3 is 0 Å². The van der Waals surface area contributed by atoms with Gasteiger partial charge in [0.1, 0.15) is 28.9 Å². The number of rotatable bonds is 8. The number of benzene rings is 2. The van der Waals surface area contributed by atoms with Crippen molar-refractivity contribution in [2.24, 2.45) is 0 Å². The van der Waals surface area contributed by atoms with Crippen molar-refractivity contribution < 1.29 is 18.8 Å². The number of carbonyl (C=O) groups excluding carboxylic acids is 1. The molecule has 0 bridgehead atoms. The van der Waals surface area contributed by atoms with Crippen LogP contribution in [0, 0.1) is 13.8 Å². The fraction of sp³-hybridized carbons (Fsp3) is 0.407. The number of nitrogens with one attached hydrogen (secondary N) is 1. The lowest BCUT2D eigenvalue weighted by Crippen LogP contribution is -2.27. The van der Waals surface area contributed by atoms with Crippen LogP contribution in [0.15, 0.2) is 53.2 Å². The van der Waals surface area contributed by atoms with Gasteiger partial charge in [0.25, 0.3) is 5.91 Å². The van der Waals surface area contributed by atoms with E-state index in [4.69, 9.17) is 14.0 Å². The molecule has 0 radical (unpaired) electrons. The Morgan fingerprint density at radius 2 is 1.79 bits per heavy atom. The number of aromatic nitrogens is 1. The molecule has 1 saturated carbocycles. The lowest BCUT2D eigenvalue weighted by molar-refractivity contribution is 0.0938. The van der Waals surface area contributed by atoms with Crippen LogP contribution in [0.2, 0.25) is 0 Å². The van der Waals surface area contributed by atoms with Crippen molar-refractivity contribution in [2.75, 3.05) is 18.0 Å². The molecule has 1 aliphatic heterocycles. The van der Waals surface area contributed by atoms with Crippen LogP contribution < -0.4 is 19.7 Å². The lowest BCUT2D eigenvalue weighted by Gasteiger charge is -2.22. The summed E-state index contributed by atoms with van der Waals surface area (Å²) in [5.41, 5.74) is 3.95. The Kier molecular flexibility index (Phi) is 6.18. The van der Waals surface area contributed by atoms with Gasteiger partial charge in [-0.15, -0.1) is 0 Å². The Bertz CT molecular complexity index is 1150. The molecule has 3 aromatic rings. The number of anilines is 1. The van der Waals surface area contributed by atoms with E-state index < -0.39 is 0 Å². The van der Waals surface area contributed by atoms with Crippen LogP contribution in [0.25, 0.3) is 0 Å². The van der Waals surface area contributed by atoms with Crippen molar-refractivity contribution in [3.63, 3.8) is 0 Å². The van der Waals surface area contributed by atoms with Gasteiger partial charge in [0, 0.05) is 18.7 Å². The third-order valence-corrected chi connectivity index (χ3v) is 6.51. The fourth-order valence-electron chi connectivity index (χ4n) is 4.38. The smallest absolute Gasteiger partial charge is 0.256 e. The van der Waals surface area contributed by atoms with Crippen molar-refractivity contribution in [3.8, 4) is 11.5 Å². The molecule has 1 aromatic heterocycles. The molecular weight excluding hydrogens is 430 g/mol. The lowest BCUT2D eigenvalue weighted by atomic mass is 10.1. The van der Waals surface area contributed by atoms with Gasteiger partial charge in [-0.25, -0.2) is 0 Å². The van der Waals surface area contributed by atoms with E-state index in [2.05, 4.69) is 40.5 Å². The molecule has 7 heteroatoms. The largest absolute Gasteiger partial charge is 0.490 e. The van der Waals surface area contributed by atoms with Crippen molar-refractivity contribution in [1.29, 1.82) is 0 Å². The van der Waals surface area contributed by atoms with Crippen LogP contribution in [0.1, 0.15) is 59.5 Å². The molecule has 1 amide bonds. The monoisotopic (exact) mass is 461 g/mol. The third kappa shape index (κ3) is 5.03. The first-order valence-corrected chi connectivity index (χ1v) is 12.0. The second-order valence-corrected chi connectivity index (χ2v) is 9.30. The molecule has 178 valence electrons. The summed E-state index contributed by atoms with van der Waals surface area (Å²) in [5, 5.41) is 6.65. The van der Waals surface area contributed by atoms with E-state index in [0.717, 1.165) is 36.6 Å². The summed E-state index contributed by atoms with van der Waals surface area (Å²) in [7, 11) is 0. The Labute approximate surface area is 200 Å². The van der Waals surface area contributed by atoms with Gasteiger partial charge in [-0.2, -0.15) is 0 Å². The van der Waals surface area contributed by atoms with Crippen molar-refractivity contribution in [2.45, 2.75) is 58.3 Å². The molecule has 5 rings (SSSR count). The molecule has 34 heavy (non-hydrogen) atoms. The minimum absolute atomic E-state index is 0.140. The van der Waals surface area contributed by atoms with E-state index in [-0.39, 0.29) is 18.1 Å². The van der Waals surface area contributed by atoms with Gasteiger partial charge in [-0.3, -0.25) is 4.79 Å². The molecule has 7 nitrogen and oxygen atoms in total. The first kappa shape index (κ1) is 22.3. The SMILES string of the molecule is Cc1cc(OC2CC2)ccc1N1CC[C@@H](Oc2ccc([C@H](C)NC(=O)c3cnoc3C)cc2)C1.